The van der Waals surface area contributed by atoms with E-state index in [9.17, 15) is 9.59 Å². The molecule has 1 aliphatic rings. The summed E-state index contributed by atoms with van der Waals surface area (Å²) in [5, 5.41) is 8.84. The number of hydrogen-bond donors (Lipinski definition) is 1. The molecule has 8 nitrogen and oxygen atoms in total. The number of rotatable bonds is 3. The third-order valence-electron chi connectivity index (χ3n) is 3.57. The zero-order valence-electron chi connectivity index (χ0n) is 13.8. The summed E-state index contributed by atoms with van der Waals surface area (Å²) in [5.41, 5.74) is -0.614. The molecule has 0 aromatic carbocycles. The van der Waals surface area contributed by atoms with Crippen LogP contribution in [0.5, 0.6) is 0 Å². The van der Waals surface area contributed by atoms with Gasteiger partial charge in [-0.1, -0.05) is 0 Å². The highest BCUT2D eigenvalue weighted by Crippen LogP contribution is 2.21. The number of amides is 1. The molecule has 1 N–H and O–H groups in total. The van der Waals surface area contributed by atoms with Gasteiger partial charge in [-0.2, -0.15) is 0 Å². The van der Waals surface area contributed by atoms with Gasteiger partial charge in [0.1, 0.15) is 11.4 Å². The van der Waals surface area contributed by atoms with Crippen molar-refractivity contribution in [2.45, 2.75) is 38.8 Å². The van der Waals surface area contributed by atoms with Crippen LogP contribution in [0.2, 0.25) is 0 Å². The second-order valence-corrected chi connectivity index (χ2v) is 6.54. The lowest BCUT2D eigenvalue weighted by atomic mass is 10.2. The quantitative estimate of drug-likeness (QED) is 0.903. The number of ether oxygens (including phenoxy) is 1. The van der Waals surface area contributed by atoms with E-state index in [1.54, 1.807) is 11.9 Å². The Hall–Kier alpha value is -2.38. The molecular weight excluding hydrogens is 300 g/mol. The van der Waals surface area contributed by atoms with Crippen molar-refractivity contribution >= 4 is 17.9 Å². The Balaban J connectivity index is 1.97. The number of carbonyl (C=O) groups excluding carboxylic acids is 1. The number of hydrogen-bond acceptors (Lipinski definition) is 6. The third kappa shape index (κ3) is 4.30. The van der Waals surface area contributed by atoms with E-state index in [-0.39, 0.29) is 17.8 Å². The van der Waals surface area contributed by atoms with E-state index in [2.05, 4.69) is 9.97 Å². The fraction of sp³-hybridized carbons (Fsp3) is 0.600. The van der Waals surface area contributed by atoms with E-state index in [0.717, 1.165) is 13.0 Å². The second-order valence-electron chi connectivity index (χ2n) is 6.54. The third-order valence-corrected chi connectivity index (χ3v) is 3.57. The number of nitrogens with zero attached hydrogens (tertiary/aromatic N) is 4. The van der Waals surface area contributed by atoms with Gasteiger partial charge in [0.2, 0.25) is 0 Å². The molecule has 1 unspecified atom stereocenters. The van der Waals surface area contributed by atoms with Gasteiger partial charge in [-0.25, -0.2) is 19.6 Å². The molecule has 126 valence electrons. The lowest BCUT2D eigenvalue weighted by Gasteiger charge is -2.28. The molecule has 0 radical (unpaired) electrons. The van der Waals surface area contributed by atoms with Crippen LogP contribution < -0.4 is 4.90 Å². The standard InChI is InChI=1S/C15H22N4O4/c1-15(2,3)23-14(22)18(4)10-5-6-19(9-10)12-8-16-11(7-17-12)13(20)21/h7-8,10H,5-6,9H2,1-4H3,(H,20,21). The van der Waals surface area contributed by atoms with Crippen molar-refractivity contribution in [3.8, 4) is 0 Å². The highest BCUT2D eigenvalue weighted by Gasteiger charge is 2.31. The van der Waals surface area contributed by atoms with Crippen LogP contribution in [0.15, 0.2) is 12.4 Å². The zero-order valence-corrected chi connectivity index (χ0v) is 13.8. The largest absolute Gasteiger partial charge is 0.476 e. The highest BCUT2D eigenvalue weighted by molar-refractivity contribution is 5.84. The van der Waals surface area contributed by atoms with Gasteiger partial charge in [0.05, 0.1) is 18.4 Å². The zero-order chi connectivity index (χ0) is 17.2. The van der Waals surface area contributed by atoms with Crippen molar-refractivity contribution in [3.63, 3.8) is 0 Å². The Labute approximate surface area is 135 Å². The van der Waals surface area contributed by atoms with Crippen LogP contribution in [0.4, 0.5) is 10.6 Å². The summed E-state index contributed by atoms with van der Waals surface area (Å²) in [7, 11) is 1.72. The van der Waals surface area contributed by atoms with Crippen molar-refractivity contribution in [2.75, 3.05) is 25.0 Å². The SMILES string of the molecule is CN(C(=O)OC(C)(C)C)C1CCN(c2cnc(C(=O)O)cn2)C1. The van der Waals surface area contributed by atoms with Crippen LogP contribution in [0, 0.1) is 0 Å². The summed E-state index contributed by atoms with van der Waals surface area (Å²) >= 11 is 0. The molecule has 1 aromatic heterocycles. The minimum Gasteiger partial charge on any atom is -0.476 e. The molecule has 0 aliphatic carbocycles. The topological polar surface area (TPSA) is 95.9 Å². The van der Waals surface area contributed by atoms with E-state index >= 15 is 0 Å². The first-order chi connectivity index (χ1) is 10.7. The maximum Gasteiger partial charge on any atom is 0.410 e. The Morgan fingerprint density at radius 3 is 2.57 bits per heavy atom. The van der Waals surface area contributed by atoms with Crippen molar-refractivity contribution in [3.05, 3.63) is 18.1 Å². The Morgan fingerprint density at radius 1 is 1.35 bits per heavy atom. The molecule has 1 atom stereocenters. The first-order valence-corrected chi connectivity index (χ1v) is 7.43. The van der Waals surface area contributed by atoms with E-state index in [0.29, 0.717) is 12.4 Å². The Morgan fingerprint density at radius 2 is 2.04 bits per heavy atom. The average Bonchev–Trinajstić information content (AvgIpc) is 2.94. The lowest BCUT2D eigenvalue weighted by Crippen LogP contribution is -2.42. The molecule has 0 spiro atoms. The molecule has 1 saturated heterocycles. The summed E-state index contributed by atoms with van der Waals surface area (Å²) in [4.78, 5) is 34.5. The maximum atomic E-state index is 12.1. The number of carboxylic acids is 1. The fourth-order valence-electron chi connectivity index (χ4n) is 2.34. The monoisotopic (exact) mass is 322 g/mol. The number of anilines is 1. The van der Waals surface area contributed by atoms with Gasteiger partial charge in [0, 0.05) is 20.1 Å². The fourth-order valence-corrected chi connectivity index (χ4v) is 2.34. The van der Waals surface area contributed by atoms with E-state index in [1.165, 1.54) is 12.4 Å². The normalized spacial score (nSPS) is 17.9. The Bertz CT molecular complexity index is 582. The highest BCUT2D eigenvalue weighted by atomic mass is 16.6. The van der Waals surface area contributed by atoms with Crippen LogP contribution in [0.3, 0.4) is 0 Å². The van der Waals surface area contributed by atoms with Crippen molar-refractivity contribution < 1.29 is 19.4 Å². The minimum absolute atomic E-state index is 0.0193. The van der Waals surface area contributed by atoms with Crippen molar-refractivity contribution in [1.29, 1.82) is 0 Å². The average molecular weight is 322 g/mol. The van der Waals surface area contributed by atoms with Gasteiger partial charge in [-0.15, -0.1) is 0 Å². The molecule has 0 saturated carbocycles. The molecule has 2 rings (SSSR count). The molecule has 8 heteroatoms. The first-order valence-electron chi connectivity index (χ1n) is 7.43. The number of aromatic carboxylic acids is 1. The smallest absolute Gasteiger partial charge is 0.410 e. The number of likely N-dealkylation sites (N-methyl/N-ethyl adjacent to an activating group) is 1. The molecule has 1 aromatic rings. The van der Waals surface area contributed by atoms with Gasteiger partial charge in [-0.3, -0.25) is 0 Å². The van der Waals surface area contributed by atoms with E-state index in [1.807, 2.05) is 25.7 Å². The molecule has 2 heterocycles. The summed E-state index contributed by atoms with van der Waals surface area (Å²) in [6.07, 6.45) is 3.12. The van der Waals surface area contributed by atoms with Gasteiger partial charge in [0.15, 0.2) is 5.69 Å². The van der Waals surface area contributed by atoms with E-state index in [4.69, 9.17) is 9.84 Å². The molecule has 23 heavy (non-hydrogen) atoms. The lowest BCUT2D eigenvalue weighted by molar-refractivity contribution is 0.0237. The molecular formula is C15H22N4O4. The van der Waals surface area contributed by atoms with E-state index < -0.39 is 11.6 Å². The van der Waals surface area contributed by atoms with Crippen LogP contribution in [-0.2, 0) is 4.74 Å². The number of aromatic nitrogens is 2. The van der Waals surface area contributed by atoms with Crippen LogP contribution >= 0.6 is 0 Å². The maximum absolute atomic E-state index is 12.1. The van der Waals surface area contributed by atoms with Crippen LogP contribution in [-0.4, -0.2) is 63.8 Å². The molecule has 0 bridgehead atoms. The summed E-state index contributed by atoms with van der Waals surface area (Å²) in [5.74, 6) is -0.497. The summed E-state index contributed by atoms with van der Waals surface area (Å²) in [6, 6.07) is 0.0193. The number of carbonyl (C=O) groups is 2. The summed E-state index contributed by atoms with van der Waals surface area (Å²) in [6.45, 7) is 6.83. The van der Waals surface area contributed by atoms with Crippen molar-refractivity contribution in [1.82, 2.24) is 14.9 Å². The van der Waals surface area contributed by atoms with Crippen LogP contribution in [0.25, 0.3) is 0 Å². The predicted octanol–water partition coefficient (Wildman–Crippen LogP) is 1.62. The predicted molar refractivity (Wildman–Crippen MR) is 83.6 cm³/mol. The van der Waals surface area contributed by atoms with Gasteiger partial charge < -0.3 is 19.6 Å². The first kappa shape index (κ1) is 17.0. The Kier molecular flexibility index (Phi) is 4.72. The van der Waals surface area contributed by atoms with Gasteiger partial charge in [0.25, 0.3) is 0 Å². The molecule has 1 amide bonds. The van der Waals surface area contributed by atoms with Gasteiger partial charge >= 0.3 is 12.1 Å². The van der Waals surface area contributed by atoms with Gasteiger partial charge in [-0.05, 0) is 27.2 Å². The second kappa shape index (κ2) is 6.39. The summed E-state index contributed by atoms with van der Waals surface area (Å²) < 4.78 is 5.37. The number of carboxylic acid groups (broad SMARTS) is 1. The molecule has 1 aliphatic heterocycles. The molecule has 1 fully saturated rings. The minimum atomic E-state index is -1.10. The van der Waals surface area contributed by atoms with Crippen LogP contribution in [0.1, 0.15) is 37.7 Å². The van der Waals surface area contributed by atoms with Crippen molar-refractivity contribution in [2.24, 2.45) is 0 Å².